The smallest absolute Gasteiger partial charge is 0.264 e. The Morgan fingerprint density at radius 3 is 2.62 bits per heavy atom. The van der Waals surface area contributed by atoms with Gasteiger partial charge < -0.3 is 5.73 Å². The molecule has 6 heteroatoms. The second-order valence-corrected chi connectivity index (χ2v) is 6.35. The Bertz CT molecular complexity index is 745. The molecule has 0 aliphatic heterocycles. The zero-order chi connectivity index (χ0) is 15.5. The van der Waals surface area contributed by atoms with Gasteiger partial charge in [-0.15, -0.1) is 0 Å². The molecule has 0 unspecified atom stereocenters. The highest BCUT2D eigenvalue weighted by Crippen LogP contribution is 2.24. The number of halogens is 1. The first-order valence-corrected chi connectivity index (χ1v) is 8.08. The average molecular weight is 308 g/mol. The molecule has 0 amide bonds. The fraction of sp³-hybridized carbons (Fsp3) is 0.200. The number of rotatable bonds is 5. The molecule has 2 aromatic carbocycles. The van der Waals surface area contributed by atoms with Crippen LogP contribution in [-0.4, -0.2) is 8.42 Å². The first kappa shape index (κ1) is 15.3. The predicted octanol–water partition coefficient (Wildman–Crippen LogP) is 3.16. The van der Waals surface area contributed by atoms with Gasteiger partial charge in [0.2, 0.25) is 0 Å². The van der Waals surface area contributed by atoms with Crippen LogP contribution in [0.5, 0.6) is 0 Å². The monoisotopic (exact) mass is 308 g/mol. The third kappa shape index (κ3) is 3.52. The fourth-order valence-electron chi connectivity index (χ4n) is 2.05. The van der Waals surface area contributed by atoms with Gasteiger partial charge in [-0.3, -0.25) is 4.72 Å². The van der Waals surface area contributed by atoms with Crippen LogP contribution in [0.15, 0.2) is 47.4 Å². The highest BCUT2D eigenvalue weighted by Gasteiger charge is 2.19. The maximum absolute atomic E-state index is 13.3. The van der Waals surface area contributed by atoms with Crippen molar-refractivity contribution in [2.24, 2.45) is 0 Å². The summed E-state index contributed by atoms with van der Waals surface area (Å²) in [5.74, 6) is -0.647. The zero-order valence-electron chi connectivity index (χ0n) is 11.6. The van der Waals surface area contributed by atoms with Crippen molar-refractivity contribution in [2.75, 3.05) is 10.5 Å². The Hall–Kier alpha value is -2.08. The van der Waals surface area contributed by atoms with E-state index in [0.29, 0.717) is 5.69 Å². The van der Waals surface area contributed by atoms with E-state index in [0.717, 1.165) is 30.5 Å². The summed E-state index contributed by atoms with van der Waals surface area (Å²) >= 11 is 0. The molecule has 0 bridgehead atoms. The maximum Gasteiger partial charge on any atom is 0.264 e. The Morgan fingerprint density at radius 2 is 1.90 bits per heavy atom. The summed E-state index contributed by atoms with van der Waals surface area (Å²) in [6.45, 7) is 2.01. The van der Waals surface area contributed by atoms with Gasteiger partial charge in [-0.25, -0.2) is 12.8 Å². The van der Waals surface area contributed by atoms with Crippen LogP contribution in [0.25, 0.3) is 0 Å². The number of nitrogens with two attached hydrogens (primary N) is 1. The molecule has 0 atom stereocenters. The third-order valence-electron chi connectivity index (χ3n) is 3.05. The highest BCUT2D eigenvalue weighted by molar-refractivity contribution is 7.92. The second kappa shape index (κ2) is 6.13. The Labute approximate surface area is 123 Å². The van der Waals surface area contributed by atoms with E-state index in [4.69, 9.17) is 5.73 Å². The van der Waals surface area contributed by atoms with Gasteiger partial charge in [-0.1, -0.05) is 31.5 Å². The van der Waals surface area contributed by atoms with Crippen molar-refractivity contribution in [3.63, 3.8) is 0 Å². The Balaban J connectivity index is 2.40. The quantitative estimate of drug-likeness (QED) is 0.833. The number of nitrogen functional groups attached to an aromatic ring is 1. The number of anilines is 2. The molecule has 3 N–H and O–H groups in total. The van der Waals surface area contributed by atoms with Crippen molar-refractivity contribution >= 4 is 21.4 Å². The van der Waals surface area contributed by atoms with Crippen LogP contribution in [0, 0.1) is 5.82 Å². The zero-order valence-corrected chi connectivity index (χ0v) is 12.5. The van der Waals surface area contributed by atoms with Gasteiger partial charge in [0.15, 0.2) is 0 Å². The van der Waals surface area contributed by atoms with Gasteiger partial charge in [-0.2, -0.15) is 0 Å². The summed E-state index contributed by atoms with van der Waals surface area (Å²) in [6.07, 6.45) is 1.64. The van der Waals surface area contributed by atoms with Crippen molar-refractivity contribution in [3.05, 3.63) is 53.8 Å². The van der Waals surface area contributed by atoms with Crippen LogP contribution in [0.2, 0.25) is 0 Å². The second-order valence-electron chi connectivity index (χ2n) is 4.69. The molecule has 0 fully saturated rings. The van der Waals surface area contributed by atoms with E-state index >= 15 is 0 Å². The SMILES string of the molecule is CCCc1ccccc1NS(=O)(=O)c1cc(F)ccc1N. The molecule has 0 saturated heterocycles. The van der Waals surface area contributed by atoms with Crippen molar-refractivity contribution in [1.29, 1.82) is 0 Å². The van der Waals surface area contributed by atoms with Gasteiger partial charge in [0.05, 0.1) is 11.4 Å². The standard InChI is InChI=1S/C15H17FN2O2S/c1-2-5-11-6-3-4-7-14(11)18-21(19,20)15-10-12(16)8-9-13(15)17/h3-4,6-10,18H,2,5,17H2,1H3. The molecule has 2 aromatic rings. The minimum absolute atomic E-state index is 0.0110. The van der Waals surface area contributed by atoms with Crippen LogP contribution in [0.4, 0.5) is 15.8 Å². The number of sulfonamides is 1. The molecule has 0 saturated carbocycles. The molecule has 0 aliphatic rings. The molecular formula is C15H17FN2O2S. The molecule has 0 radical (unpaired) electrons. The van der Waals surface area contributed by atoms with E-state index in [1.807, 2.05) is 19.1 Å². The van der Waals surface area contributed by atoms with E-state index in [-0.39, 0.29) is 10.6 Å². The Kier molecular flexibility index (Phi) is 4.47. The molecule has 4 nitrogen and oxygen atoms in total. The van der Waals surface area contributed by atoms with Gasteiger partial charge in [0.1, 0.15) is 10.7 Å². The lowest BCUT2D eigenvalue weighted by Crippen LogP contribution is -2.16. The molecule has 0 aromatic heterocycles. The van der Waals surface area contributed by atoms with Crippen LogP contribution in [0.1, 0.15) is 18.9 Å². The number of para-hydroxylation sites is 1. The fourth-order valence-corrected chi connectivity index (χ4v) is 3.29. The lowest BCUT2D eigenvalue weighted by molar-refractivity contribution is 0.596. The van der Waals surface area contributed by atoms with E-state index in [1.165, 1.54) is 6.07 Å². The number of benzene rings is 2. The molecule has 21 heavy (non-hydrogen) atoms. The summed E-state index contributed by atoms with van der Waals surface area (Å²) in [4.78, 5) is -0.256. The summed E-state index contributed by atoms with van der Waals surface area (Å²) < 4.78 is 40.5. The highest BCUT2D eigenvalue weighted by atomic mass is 32.2. The summed E-state index contributed by atoms with van der Waals surface area (Å²) in [6, 6.07) is 10.4. The topological polar surface area (TPSA) is 72.2 Å². The van der Waals surface area contributed by atoms with Crippen molar-refractivity contribution in [1.82, 2.24) is 0 Å². The summed E-state index contributed by atoms with van der Waals surface area (Å²) in [7, 11) is -3.92. The summed E-state index contributed by atoms with van der Waals surface area (Å²) in [5.41, 5.74) is 7.03. The minimum atomic E-state index is -3.92. The van der Waals surface area contributed by atoms with Gasteiger partial charge in [0.25, 0.3) is 10.0 Å². The van der Waals surface area contributed by atoms with Gasteiger partial charge >= 0.3 is 0 Å². The van der Waals surface area contributed by atoms with Crippen LogP contribution >= 0.6 is 0 Å². The van der Waals surface area contributed by atoms with Gasteiger partial charge in [0, 0.05) is 0 Å². The predicted molar refractivity (Wildman–Crippen MR) is 82.1 cm³/mol. The minimum Gasteiger partial charge on any atom is -0.398 e. The van der Waals surface area contributed by atoms with Crippen molar-refractivity contribution in [3.8, 4) is 0 Å². The van der Waals surface area contributed by atoms with Gasteiger partial charge in [-0.05, 0) is 36.2 Å². The lowest BCUT2D eigenvalue weighted by atomic mass is 10.1. The normalized spacial score (nSPS) is 11.3. The lowest BCUT2D eigenvalue weighted by Gasteiger charge is -2.13. The number of hydrogen-bond acceptors (Lipinski definition) is 3. The molecule has 0 spiro atoms. The largest absolute Gasteiger partial charge is 0.398 e. The van der Waals surface area contributed by atoms with E-state index in [2.05, 4.69) is 4.72 Å². The number of hydrogen-bond donors (Lipinski definition) is 2. The molecule has 0 aliphatic carbocycles. The van der Waals surface area contributed by atoms with Crippen LogP contribution in [0.3, 0.4) is 0 Å². The van der Waals surface area contributed by atoms with Crippen molar-refractivity contribution in [2.45, 2.75) is 24.7 Å². The maximum atomic E-state index is 13.3. The third-order valence-corrected chi connectivity index (χ3v) is 4.47. The average Bonchev–Trinajstić information content (AvgIpc) is 2.43. The van der Waals surface area contributed by atoms with E-state index in [1.54, 1.807) is 12.1 Å². The molecule has 112 valence electrons. The first-order valence-electron chi connectivity index (χ1n) is 6.60. The summed E-state index contributed by atoms with van der Waals surface area (Å²) in [5, 5.41) is 0. The molecule has 2 rings (SSSR count). The molecular weight excluding hydrogens is 291 g/mol. The van der Waals surface area contributed by atoms with E-state index < -0.39 is 15.8 Å². The first-order chi connectivity index (χ1) is 9.94. The van der Waals surface area contributed by atoms with E-state index in [9.17, 15) is 12.8 Å². The molecule has 0 heterocycles. The number of nitrogens with one attached hydrogen (secondary N) is 1. The van der Waals surface area contributed by atoms with Crippen molar-refractivity contribution < 1.29 is 12.8 Å². The Morgan fingerprint density at radius 1 is 1.19 bits per heavy atom. The van der Waals surface area contributed by atoms with Crippen LogP contribution in [-0.2, 0) is 16.4 Å². The number of aryl methyl sites for hydroxylation is 1. The van der Waals surface area contributed by atoms with Crippen LogP contribution < -0.4 is 10.5 Å².